The Balaban J connectivity index is 2.24. The lowest BCUT2D eigenvalue weighted by Gasteiger charge is -2.06. The number of aryl methyl sites for hydroxylation is 1. The number of rotatable bonds is 3. The van der Waals surface area contributed by atoms with Gasteiger partial charge in [-0.1, -0.05) is 0 Å². The molecule has 0 spiro atoms. The third kappa shape index (κ3) is 3.09. The fourth-order valence-electron chi connectivity index (χ4n) is 1.78. The molecular formula is C13H9BrN4O3. The molecule has 7 nitrogen and oxygen atoms in total. The van der Waals surface area contributed by atoms with Gasteiger partial charge in [-0.3, -0.25) is 14.9 Å². The van der Waals surface area contributed by atoms with Gasteiger partial charge in [0.05, 0.1) is 15.0 Å². The lowest BCUT2D eigenvalue weighted by molar-refractivity contribution is -0.385. The molecular weight excluding hydrogens is 340 g/mol. The number of nitrogens with zero attached hydrogens (tertiary/aromatic N) is 3. The maximum absolute atomic E-state index is 12.1. The van der Waals surface area contributed by atoms with Crippen LogP contribution < -0.4 is 5.32 Å². The van der Waals surface area contributed by atoms with Gasteiger partial charge in [-0.05, 0) is 34.1 Å². The largest absolute Gasteiger partial charge is 0.345 e. The number of benzene rings is 1. The number of nitro groups is 1. The standard InChI is InChI=1S/C13H9BrN4O3/c1-17-7-8(6-15)4-12(17)13(19)16-9-2-3-11(18(20)21)10(14)5-9/h2-5,7H,1H3,(H,16,19). The van der Waals surface area contributed by atoms with Gasteiger partial charge >= 0.3 is 0 Å². The number of carbonyl (C=O) groups excluding carboxylic acids is 1. The van der Waals surface area contributed by atoms with Crippen molar-refractivity contribution < 1.29 is 9.72 Å². The van der Waals surface area contributed by atoms with Crippen LogP contribution in [0.25, 0.3) is 0 Å². The summed E-state index contributed by atoms with van der Waals surface area (Å²) in [6, 6.07) is 7.61. The van der Waals surface area contributed by atoms with Crippen molar-refractivity contribution in [3.63, 3.8) is 0 Å². The summed E-state index contributed by atoms with van der Waals surface area (Å²) >= 11 is 3.08. The first kappa shape index (κ1) is 14.7. The second-order valence-electron chi connectivity index (χ2n) is 4.21. The molecule has 1 heterocycles. The predicted octanol–water partition coefficient (Wildman–Crippen LogP) is 2.82. The molecule has 0 unspecified atom stereocenters. The number of nitro benzene ring substituents is 1. The molecule has 0 bridgehead atoms. The average molecular weight is 349 g/mol. The number of nitrogens with one attached hydrogen (secondary N) is 1. The van der Waals surface area contributed by atoms with Gasteiger partial charge in [-0.15, -0.1) is 0 Å². The molecule has 1 aromatic carbocycles. The van der Waals surface area contributed by atoms with Gasteiger partial charge in [-0.25, -0.2) is 0 Å². The fourth-order valence-corrected chi connectivity index (χ4v) is 2.30. The van der Waals surface area contributed by atoms with Gasteiger partial charge in [0, 0.05) is 25.0 Å². The van der Waals surface area contributed by atoms with Crippen LogP contribution in [-0.4, -0.2) is 15.4 Å². The highest BCUT2D eigenvalue weighted by Crippen LogP contribution is 2.27. The zero-order valence-electron chi connectivity index (χ0n) is 10.8. The van der Waals surface area contributed by atoms with E-state index in [-0.39, 0.29) is 10.2 Å². The van der Waals surface area contributed by atoms with Crippen LogP contribution in [-0.2, 0) is 7.05 Å². The average Bonchev–Trinajstić information content (AvgIpc) is 2.79. The van der Waals surface area contributed by atoms with E-state index in [1.165, 1.54) is 28.8 Å². The van der Waals surface area contributed by atoms with Crippen LogP contribution in [0.1, 0.15) is 16.1 Å². The van der Waals surface area contributed by atoms with Gasteiger partial charge in [0.15, 0.2) is 0 Å². The summed E-state index contributed by atoms with van der Waals surface area (Å²) in [4.78, 5) is 22.3. The van der Waals surface area contributed by atoms with E-state index in [9.17, 15) is 14.9 Å². The van der Waals surface area contributed by atoms with Gasteiger partial charge in [0.2, 0.25) is 0 Å². The molecule has 0 radical (unpaired) electrons. The highest BCUT2D eigenvalue weighted by atomic mass is 79.9. The van der Waals surface area contributed by atoms with E-state index >= 15 is 0 Å². The fraction of sp³-hybridized carbons (Fsp3) is 0.0769. The van der Waals surface area contributed by atoms with Crippen molar-refractivity contribution in [3.05, 3.63) is 56.3 Å². The van der Waals surface area contributed by atoms with Crippen molar-refractivity contribution in [1.29, 1.82) is 5.26 Å². The number of carbonyl (C=O) groups is 1. The summed E-state index contributed by atoms with van der Waals surface area (Å²) in [6.45, 7) is 0. The first-order chi connectivity index (χ1) is 9.92. The van der Waals surface area contributed by atoms with Crippen LogP contribution in [0.3, 0.4) is 0 Å². The van der Waals surface area contributed by atoms with E-state index in [2.05, 4.69) is 21.2 Å². The minimum Gasteiger partial charge on any atom is -0.345 e. The van der Waals surface area contributed by atoms with Crippen LogP contribution in [0.5, 0.6) is 0 Å². The first-order valence-corrected chi connectivity index (χ1v) is 6.53. The first-order valence-electron chi connectivity index (χ1n) is 5.74. The van der Waals surface area contributed by atoms with E-state index < -0.39 is 10.8 Å². The predicted molar refractivity (Wildman–Crippen MR) is 78.9 cm³/mol. The Hall–Kier alpha value is -2.66. The molecule has 0 aliphatic heterocycles. The maximum atomic E-state index is 12.1. The van der Waals surface area contributed by atoms with Crippen LogP contribution >= 0.6 is 15.9 Å². The van der Waals surface area contributed by atoms with Gasteiger partial charge in [0.25, 0.3) is 11.6 Å². The van der Waals surface area contributed by atoms with E-state index in [1.54, 1.807) is 13.2 Å². The molecule has 21 heavy (non-hydrogen) atoms. The molecule has 2 aromatic rings. The summed E-state index contributed by atoms with van der Waals surface area (Å²) in [7, 11) is 1.65. The van der Waals surface area contributed by atoms with Crippen molar-refractivity contribution in [2.75, 3.05) is 5.32 Å². The number of halogens is 1. The second-order valence-corrected chi connectivity index (χ2v) is 5.07. The van der Waals surface area contributed by atoms with Gasteiger partial charge in [0.1, 0.15) is 11.8 Å². The van der Waals surface area contributed by atoms with E-state index in [1.807, 2.05) is 6.07 Å². The van der Waals surface area contributed by atoms with Crippen molar-refractivity contribution >= 4 is 33.2 Å². The number of hydrogen-bond donors (Lipinski definition) is 1. The summed E-state index contributed by atoms with van der Waals surface area (Å²) in [5.74, 6) is -0.403. The minimum absolute atomic E-state index is 0.0846. The maximum Gasteiger partial charge on any atom is 0.283 e. The van der Waals surface area contributed by atoms with E-state index in [0.717, 1.165) is 0 Å². The molecule has 1 aromatic heterocycles. The molecule has 0 saturated heterocycles. The lowest BCUT2D eigenvalue weighted by Crippen LogP contribution is -2.15. The van der Waals surface area contributed by atoms with Crippen molar-refractivity contribution in [2.24, 2.45) is 7.05 Å². The summed E-state index contributed by atoms with van der Waals surface area (Å²) in [5.41, 5.74) is 1.03. The monoisotopic (exact) mass is 348 g/mol. The Morgan fingerprint density at radius 3 is 2.71 bits per heavy atom. The Labute approximate surface area is 128 Å². The summed E-state index contributed by atoms with van der Waals surface area (Å²) < 4.78 is 1.81. The molecule has 1 N–H and O–H groups in total. The molecule has 0 aliphatic carbocycles. The van der Waals surface area contributed by atoms with Crippen LogP contribution in [0.2, 0.25) is 0 Å². The smallest absolute Gasteiger partial charge is 0.283 e. The number of anilines is 1. The number of aromatic nitrogens is 1. The van der Waals surface area contributed by atoms with E-state index in [4.69, 9.17) is 5.26 Å². The lowest BCUT2D eigenvalue weighted by atomic mass is 10.2. The zero-order chi connectivity index (χ0) is 15.6. The molecule has 2 rings (SSSR count). The second kappa shape index (κ2) is 5.76. The van der Waals surface area contributed by atoms with Crippen LogP contribution in [0, 0.1) is 21.4 Å². The van der Waals surface area contributed by atoms with Gasteiger partial charge in [-0.2, -0.15) is 5.26 Å². The SMILES string of the molecule is Cn1cc(C#N)cc1C(=O)Nc1ccc([N+](=O)[O-])c(Br)c1. The quantitative estimate of drug-likeness (QED) is 0.680. The third-order valence-electron chi connectivity index (χ3n) is 2.77. The Morgan fingerprint density at radius 1 is 1.48 bits per heavy atom. The Bertz CT molecular complexity index is 776. The summed E-state index contributed by atoms with van der Waals surface area (Å²) in [5, 5.41) is 22.1. The highest BCUT2D eigenvalue weighted by molar-refractivity contribution is 9.10. The third-order valence-corrected chi connectivity index (χ3v) is 3.40. The molecule has 1 amide bonds. The minimum atomic E-state index is -0.522. The van der Waals surface area contributed by atoms with Crippen LogP contribution in [0.4, 0.5) is 11.4 Å². The molecule has 0 aliphatic rings. The van der Waals surface area contributed by atoms with Gasteiger partial charge < -0.3 is 9.88 Å². The molecule has 106 valence electrons. The number of hydrogen-bond acceptors (Lipinski definition) is 4. The van der Waals surface area contributed by atoms with Crippen molar-refractivity contribution in [1.82, 2.24) is 4.57 Å². The van der Waals surface area contributed by atoms with Crippen LogP contribution in [0.15, 0.2) is 34.9 Å². The highest BCUT2D eigenvalue weighted by Gasteiger charge is 2.15. The van der Waals surface area contributed by atoms with E-state index in [0.29, 0.717) is 16.9 Å². The normalized spacial score (nSPS) is 9.95. The molecule has 0 fully saturated rings. The zero-order valence-corrected chi connectivity index (χ0v) is 12.4. The Kier molecular flexibility index (Phi) is 4.05. The molecule has 0 atom stereocenters. The molecule has 0 saturated carbocycles. The topological polar surface area (TPSA) is 101 Å². The van der Waals surface area contributed by atoms with Crippen molar-refractivity contribution in [3.8, 4) is 6.07 Å². The summed E-state index contributed by atoms with van der Waals surface area (Å²) in [6.07, 6.45) is 1.54. The Morgan fingerprint density at radius 2 is 2.19 bits per heavy atom. The van der Waals surface area contributed by atoms with Crippen molar-refractivity contribution in [2.45, 2.75) is 0 Å². The number of nitriles is 1. The molecule has 8 heteroatoms. The number of amides is 1.